The molecule has 0 atom stereocenters. The van der Waals surface area contributed by atoms with E-state index in [0.717, 1.165) is 11.3 Å². The summed E-state index contributed by atoms with van der Waals surface area (Å²) in [4.78, 5) is 0. The van der Waals surface area contributed by atoms with Crippen molar-refractivity contribution in [3.05, 3.63) is 41.4 Å². The summed E-state index contributed by atoms with van der Waals surface area (Å²) in [6.07, 6.45) is 1.69. The van der Waals surface area contributed by atoms with Gasteiger partial charge >= 0.3 is 0 Å². The maximum atomic E-state index is 8.68. The number of rotatable bonds is 7. The zero-order chi connectivity index (χ0) is 11.8. The number of halogens is 1. The monoisotopic (exact) mass is 241 g/mol. The molecule has 3 nitrogen and oxygen atoms in total. The molecule has 1 aromatic rings. The van der Waals surface area contributed by atoms with Gasteiger partial charge in [-0.3, -0.25) is 0 Å². The van der Waals surface area contributed by atoms with Crippen LogP contribution in [-0.4, -0.2) is 24.9 Å². The third kappa shape index (κ3) is 4.23. The van der Waals surface area contributed by atoms with Crippen LogP contribution in [0.1, 0.15) is 5.56 Å². The van der Waals surface area contributed by atoms with Gasteiger partial charge in [0.2, 0.25) is 0 Å². The second-order valence-electron chi connectivity index (χ2n) is 3.25. The van der Waals surface area contributed by atoms with E-state index in [9.17, 15) is 0 Å². The summed E-state index contributed by atoms with van der Waals surface area (Å²) in [5.74, 6) is 0.787. The van der Waals surface area contributed by atoms with Crippen LogP contribution in [0.5, 0.6) is 5.75 Å². The van der Waals surface area contributed by atoms with Crippen LogP contribution in [0.4, 0.5) is 0 Å². The maximum Gasteiger partial charge on any atom is 0.124 e. The molecular formula is C12H16ClNO2. The van der Waals surface area contributed by atoms with Gasteiger partial charge in [-0.15, -0.1) is 0 Å². The van der Waals surface area contributed by atoms with Crippen LogP contribution in [0.15, 0.2) is 30.9 Å². The first-order valence-electron chi connectivity index (χ1n) is 5.11. The number of aliphatic hydroxyl groups is 1. The second-order valence-corrected chi connectivity index (χ2v) is 3.69. The first kappa shape index (κ1) is 13.0. The van der Waals surface area contributed by atoms with Gasteiger partial charge in [0.1, 0.15) is 12.4 Å². The Kier molecular flexibility index (Phi) is 5.93. The highest BCUT2D eigenvalue weighted by Gasteiger charge is 2.03. The number of hydrogen-bond acceptors (Lipinski definition) is 3. The average molecular weight is 242 g/mol. The molecule has 0 bridgehead atoms. The molecule has 0 radical (unpaired) electrons. The molecule has 1 aromatic carbocycles. The highest BCUT2D eigenvalue weighted by atomic mass is 35.5. The van der Waals surface area contributed by atoms with Gasteiger partial charge in [0.15, 0.2) is 0 Å². The molecule has 2 N–H and O–H groups in total. The number of aliphatic hydroxyl groups excluding tert-OH is 1. The summed E-state index contributed by atoms with van der Waals surface area (Å²) < 4.78 is 5.49. The van der Waals surface area contributed by atoms with Gasteiger partial charge < -0.3 is 15.2 Å². The van der Waals surface area contributed by atoms with E-state index in [1.165, 1.54) is 0 Å². The van der Waals surface area contributed by atoms with Crippen LogP contribution < -0.4 is 10.1 Å². The van der Waals surface area contributed by atoms with Crippen molar-refractivity contribution < 1.29 is 9.84 Å². The molecular weight excluding hydrogens is 226 g/mol. The minimum atomic E-state index is 0.114. The molecule has 0 unspecified atom stereocenters. The van der Waals surface area contributed by atoms with Gasteiger partial charge in [-0.2, -0.15) is 0 Å². The fourth-order valence-corrected chi connectivity index (χ4v) is 1.47. The lowest BCUT2D eigenvalue weighted by molar-refractivity contribution is 0.291. The summed E-state index contributed by atoms with van der Waals surface area (Å²) in [6, 6.07) is 5.47. The molecule has 0 aliphatic carbocycles. The van der Waals surface area contributed by atoms with Gasteiger partial charge in [0.25, 0.3) is 0 Å². The smallest absolute Gasteiger partial charge is 0.124 e. The molecule has 0 spiro atoms. The van der Waals surface area contributed by atoms with Crippen LogP contribution in [0.2, 0.25) is 5.02 Å². The summed E-state index contributed by atoms with van der Waals surface area (Å²) in [7, 11) is 0. The largest absolute Gasteiger partial charge is 0.489 e. The number of benzene rings is 1. The van der Waals surface area contributed by atoms with Crippen LogP contribution in [0.25, 0.3) is 0 Å². The van der Waals surface area contributed by atoms with E-state index in [1.807, 2.05) is 12.1 Å². The van der Waals surface area contributed by atoms with E-state index in [0.29, 0.717) is 24.7 Å². The Morgan fingerprint density at radius 2 is 2.31 bits per heavy atom. The van der Waals surface area contributed by atoms with E-state index in [1.54, 1.807) is 12.1 Å². The Morgan fingerprint density at radius 1 is 1.50 bits per heavy atom. The number of nitrogens with one attached hydrogen (secondary N) is 1. The van der Waals surface area contributed by atoms with E-state index in [2.05, 4.69) is 11.9 Å². The van der Waals surface area contributed by atoms with E-state index in [4.69, 9.17) is 21.4 Å². The lowest BCUT2D eigenvalue weighted by Crippen LogP contribution is -2.18. The van der Waals surface area contributed by atoms with Crippen molar-refractivity contribution in [1.29, 1.82) is 0 Å². The third-order valence-electron chi connectivity index (χ3n) is 1.98. The Hall–Kier alpha value is -1.03. The van der Waals surface area contributed by atoms with Crippen molar-refractivity contribution in [3.63, 3.8) is 0 Å². The summed E-state index contributed by atoms with van der Waals surface area (Å²) in [5, 5.41) is 12.4. The molecule has 4 heteroatoms. The van der Waals surface area contributed by atoms with Gasteiger partial charge in [0, 0.05) is 23.7 Å². The Labute approximate surface area is 101 Å². The van der Waals surface area contributed by atoms with Crippen molar-refractivity contribution in [1.82, 2.24) is 5.32 Å². The van der Waals surface area contributed by atoms with Crippen LogP contribution in [-0.2, 0) is 6.54 Å². The minimum Gasteiger partial charge on any atom is -0.489 e. The Balaban J connectivity index is 2.68. The number of hydrogen-bond donors (Lipinski definition) is 2. The second kappa shape index (κ2) is 7.28. The first-order chi connectivity index (χ1) is 7.77. The first-order valence-corrected chi connectivity index (χ1v) is 5.49. The zero-order valence-electron chi connectivity index (χ0n) is 9.08. The van der Waals surface area contributed by atoms with Crippen molar-refractivity contribution in [2.75, 3.05) is 19.8 Å². The Morgan fingerprint density at radius 3 is 3.00 bits per heavy atom. The van der Waals surface area contributed by atoms with Gasteiger partial charge in [0.05, 0.1) is 6.61 Å². The molecule has 0 saturated carbocycles. The molecule has 0 amide bonds. The third-order valence-corrected chi connectivity index (χ3v) is 2.22. The predicted molar refractivity (Wildman–Crippen MR) is 65.9 cm³/mol. The fourth-order valence-electron chi connectivity index (χ4n) is 1.28. The summed E-state index contributed by atoms with van der Waals surface area (Å²) >= 11 is 5.91. The Bertz CT molecular complexity index is 342. The minimum absolute atomic E-state index is 0.114. The fraction of sp³-hybridized carbons (Fsp3) is 0.333. The molecule has 0 saturated heterocycles. The van der Waals surface area contributed by atoms with E-state index in [-0.39, 0.29) is 6.61 Å². The predicted octanol–water partition coefficient (Wildman–Crippen LogP) is 1.99. The van der Waals surface area contributed by atoms with Crippen molar-refractivity contribution in [2.24, 2.45) is 0 Å². The molecule has 0 aliphatic rings. The molecule has 1 rings (SSSR count). The number of ether oxygens (including phenoxy) is 1. The normalized spacial score (nSPS) is 10.1. The van der Waals surface area contributed by atoms with Crippen molar-refractivity contribution in [2.45, 2.75) is 6.54 Å². The SMILES string of the molecule is C=CCOc1ccc(Cl)cc1CNCCO. The quantitative estimate of drug-likeness (QED) is 0.567. The standard InChI is InChI=1S/C12H16ClNO2/c1-2-7-16-12-4-3-11(13)8-10(12)9-14-5-6-15/h2-4,8,14-15H,1,5-7,9H2. The molecule has 0 aromatic heterocycles. The van der Waals surface area contributed by atoms with Crippen LogP contribution >= 0.6 is 11.6 Å². The van der Waals surface area contributed by atoms with Gasteiger partial charge in [-0.1, -0.05) is 24.3 Å². The molecule has 0 aliphatic heterocycles. The lowest BCUT2D eigenvalue weighted by atomic mass is 10.2. The lowest BCUT2D eigenvalue weighted by Gasteiger charge is -2.11. The average Bonchev–Trinajstić information content (AvgIpc) is 2.28. The molecule has 88 valence electrons. The van der Waals surface area contributed by atoms with Gasteiger partial charge in [-0.05, 0) is 18.2 Å². The molecule has 0 fully saturated rings. The van der Waals surface area contributed by atoms with Crippen LogP contribution in [0, 0.1) is 0 Å². The maximum absolute atomic E-state index is 8.68. The topological polar surface area (TPSA) is 41.5 Å². The highest BCUT2D eigenvalue weighted by Crippen LogP contribution is 2.22. The molecule has 16 heavy (non-hydrogen) atoms. The van der Waals surface area contributed by atoms with Crippen LogP contribution in [0.3, 0.4) is 0 Å². The zero-order valence-corrected chi connectivity index (χ0v) is 9.83. The van der Waals surface area contributed by atoms with Crippen molar-refractivity contribution >= 4 is 11.6 Å². The van der Waals surface area contributed by atoms with Gasteiger partial charge in [-0.25, -0.2) is 0 Å². The van der Waals surface area contributed by atoms with Crippen molar-refractivity contribution in [3.8, 4) is 5.75 Å². The molecule has 0 heterocycles. The van der Waals surface area contributed by atoms with E-state index < -0.39 is 0 Å². The highest BCUT2D eigenvalue weighted by molar-refractivity contribution is 6.30. The van der Waals surface area contributed by atoms with E-state index >= 15 is 0 Å². The summed E-state index contributed by atoms with van der Waals surface area (Å²) in [5.41, 5.74) is 0.975. The summed E-state index contributed by atoms with van der Waals surface area (Å²) in [6.45, 7) is 5.35.